The van der Waals surface area contributed by atoms with Crippen LogP contribution in [0.4, 0.5) is 34.1 Å². The maximum Gasteiger partial charge on any atom is 0.252 e. The molecule has 0 radical (unpaired) electrons. The Balaban J connectivity index is 0.983. The molecule has 2 aliphatic rings. The third-order valence-corrected chi connectivity index (χ3v) is 17.5. The highest BCUT2D eigenvalue weighted by molar-refractivity contribution is 7.00. The number of anilines is 6. The maximum absolute atomic E-state index is 2.57. The Hall–Kier alpha value is -9.84. The first kappa shape index (κ1) is 44.3. The summed E-state index contributed by atoms with van der Waals surface area (Å²) in [5, 5.41) is 15.2. The lowest BCUT2D eigenvalue weighted by atomic mass is 9.33. The Labute approximate surface area is 458 Å². The molecule has 15 aromatic rings. The molecule has 2 aromatic heterocycles. The van der Waals surface area contributed by atoms with E-state index in [-0.39, 0.29) is 12.1 Å². The fourth-order valence-electron chi connectivity index (χ4n) is 14.2. The van der Waals surface area contributed by atoms with Crippen LogP contribution in [0.2, 0.25) is 0 Å². The van der Waals surface area contributed by atoms with Gasteiger partial charge >= 0.3 is 0 Å². The average molecular weight is 1010 g/mol. The van der Waals surface area contributed by atoms with Gasteiger partial charge in [0.2, 0.25) is 0 Å². The molecule has 0 bridgehead atoms. The van der Waals surface area contributed by atoms with E-state index in [1.807, 2.05) is 0 Å². The summed E-state index contributed by atoms with van der Waals surface area (Å²) in [6, 6.07) is 95.7. The monoisotopic (exact) mass is 1010 g/mol. The summed E-state index contributed by atoms with van der Waals surface area (Å²) in [5.41, 5.74) is 19.1. The molecule has 0 amide bonds. The van der Waals surface area contributed by atoms with Crippen LogP contribution in [0.3, 0.4) is 0 Å². The quantitative estimate of drug-likeness (QED) is 0.129. The highest BCUT2D eigenvalue weighted by atomic mass is 15.2. The van der Waals surface area contributed by atoms with Crippen molar-refractivity contribution in [3.8, 4) is 11.4 Å². The number of hydrogen-bond acceptors (Lipinski definition) is 2. The standard InChI is InChI=1S/C74H51BN4/c1-74(2,3)46-42-67-71-68(43-46)77(48-24-8-5-9-25-48)66-45-50(79-64-37-21-19-35-60(64)70-56-31-15-11-27-52(56)54-29-13-17-33-58(54)73(70)79)39-41-62(66)75(71)61-40-38-49(44-65(61)76(67)47-22-6-4-7-23-47)78-63-36-20-18-34-59(63)69-55-30-14-10-26-51(55)53-28-12-16-32-57(53)72(69)78/h4-45H,1-3H3. The van der Waals surface area contributed by atoms with Crippen LogP contribution in [-0.2, 0) is 5.41 Å². The molecule has 0 N–H and O–H groups in total. The maximum atomic E-state index is 2.57. The molecule has 2 aliphatic heterocycles. The molecular formula is C74H51BN4. The topological polar surface area (TPSA) is 16.3 Å². The average Bonchev–Trinajstić information content (AvgIpc) is 4.26. The molecule has 79 heavy (non-hydrogen) atoms. The van der Waals surface area contributed by atoms with Gasteiger partial charge < -0.3 is 18.9 Å². The van der Waals surface area contributed by atoms with Crippen molar-refractivity contribution in [1.82, 2.24) is 9.13 Å². The molecule has 5 heteroatoms. The highest BCUT2D eigenvalue weighted by Crippen LogP contribution is 2.49. The summed E-state index contributed by atoms with van der Waals surface area (Å²) in [6.45, 7) is 6.98. The van der Waals surface area contributed by atoms with Crippen molar-refractivity contribution in [2.75, 3.05) is 9.80 Å². The van der Waals surface area contributed by atoms with E-state index in [1.54, 1.807) is 0 Å². The van der Waals surface area contributed by atoms with E-state index in [1.165, 1.54) is 131 Å². The smallest absolute Gasteiger partial charge is 0.252 e. The molecule has 370 valence electrons. The number of nitrogens with zero attached hydrogens (tertiary/aromatic N) is 4. The lowest BCUT2D eigenvalue weighted by molar-refractivity contribution is 0.590. The summed E-state index contributed by atoms with van der Waals surface area (Å²) in [6.07, 6.45) is 0. The lowest BCUT2D eigenvalue weighted by Gasteiger charge is -2.45. The third-order valence-electron chi connectivity index (χ3n) is 17.5. The van der Waals surface area contributed by atoms with Crippen LogP contribution in [0.5, 0.6) is 0 Å². The number of hydrogen-bond donors (Lipinski definition) is 0. The molecule has 0 aliphatic carbocycles. The van der Waals surface area contributed by atoms with Crippen LogP contribution in [0, 0.1) is 0 Å². The Kier molecular flexibility index (Phi) is 9.17. The van der Waals surface area contributed by atoms with Gasteiger partial charge in [0.15, 0.2) is 0 Å². The Morgan fingerprint density at radius 2 is 0.633 bits per heavy atom. The van der Waals surface area contributed by atoms with Gasteiger partial charge in [-0.25, -0.2) is 0 Å². The predicted octanol–water partition coefficient (Wildman–Crippen LogP) is 17.9. The van der Waals surface area contributed by atoms with Crippen LogP contribution in [0.15, 0.2) is 255 Å². The molecule has 4 nitrogen and oxygen atoms in total. The Bertz CT molecular complexity index is 4770. The molecule has 13 aromatic carbocycles. The summed E-state index contributed by atoms with van der Waals surface area (Å²) >= 11 is 0. The number of rotatable bonds is 4. The summed E-state index contributed by atoms with van der Waals surface area (Å²) in [4.78, 5) is 5.14. The number of para-hydroxylation sites is 4. The van der Waals surface area contributed by atoms with Crippen molar-refractivity contribution in [3.63, 3.8) is 0 Å². The van der Waals surface area contributed by atoms with Gasteiger partial charge in [0.1, 0.15) is 0 Å². The van der Waals surface area contributed by atoms with Crippen molar-refractivity contribution in [2.24, 2.45) is 0 Å². The van der Waals surface area contributed by atoms with Gasteiger partial charge in [-0.2, -0.15) is 0 Å². The Morgan fingerprint density at radius 3 is 1.04 bits per heavy atom. The van der Waals surface area contributed by atoms with Gasteiger partial charge in [0, 0.05) is 77.8 Å². The zero-order valence-electron chi connectivity index (χ0n) is 44.1. The minimum Gasteiger partial charge on any atom is -0.311 e. The minimum atomic E-state index is -0.171. The zero-order chi connectivity index (χ0) is 52.3. The van der Waals surface area contributed by atoms with E-state index in [0.29, 0.717) is 0 Å². The van der Waals surface area contributed by atoms with Crippen LogP contribution in [-0.4, -0.2) is 15.8 Å². The summed E-state index contributed by atoms with van der Waals surface area (Å²) < 4.78 is 5.10. The van der Waals surface area contributed by atoms with Gasteiger partial charge in [-0.3, -0.25) is 0 Å². The first-order chi connectivity index (χ1) is 38.9. The highest BCUT2D eigenvalue weighted by Gasteiger charge is 2.44. The van der Waals surface area contributed by atoms with Crippen molar-refractivity contribution in [1.29, 1.82) is 0 Å². The van der Waals surface area contributed by atoms with E-state index in [4.69, 9.17) is 0 Å². The predicted molar refractivity (Wildman–Crippen MR) is 338 cm³/mol. The minimum absolute atomic E-state index is 0.0853. The number of aromatic nitrogens is 2. The van der Waals surface area contributed by atoms with Crippen LogP contribution in [0.25, 0.3) is 98.1 Å². The zero-order valence-corrected chi connectivity index (χ0v) is 44.1. The van der Waals surface area contributed by atoms with Crippen LogP contribution >= 0.6 is 0 Å². The molecule has 17 rings (SSSR count). The Morgan fingerprint density at radius 1 is 0.291 bits per heavy atom. The second kappa shape index (κ2) is 16.3. The van der Waals surface area contributed by atoms with Gasteiger partial charge in [0.05, 0.1) is 22.1 Å². The second-order valence-corrected chi connectivity index (χ2v) is 22.8. The second-order valence-electron chi connectivity index (χ2n) is 22.8. The molecule has 0 saturated heterocycles. The molecule has 0 unspecified atom stereocenters. The van der Waals surface area contributed by atoms with Crippen LogP contribution in [0.1, 0.15) is 26.3 Å². The van der Waals surface area contributed by atoms with Gasteiger partial charge in [-0.1, -0.05) is 203 Å². The normalized spacial score (nSPS) is 13.2. The first-order valence-electron chi connectivity index (χ1n) is 27.7. The van der Waals surface area contributed by atoms with E-state index < -0.39 is 0 Å². The van der Waals surface area contributed by atoms with E-state index >= 15 is 0 Å². The number of fused-ring (bicyclic) bond motifs is 20. The van der Waals surface area contributed by atoms with E-state index in [2.05, 4.69) is 294 Å². The van der Waals surface area contributed by atoms with Crippen LogP contribution < -0.4 is 26.2 Å². The van der Waals surface area contributed by atoms with Gasteiger partial charge in [-0.15, -0.1) is 0 Å². The molecular weight excluding hydrogens is 956 g/mol. The third kappa shape index (κ3) is 6.16. The SMILES string of the molecule is CC(C)(C)c1cc2c3c(c1)N(c1ccccc1)c1cc(-n4c5ccccc5c5c6ccccc6c6ccccc6c54)ccc1B3c1ccc(-n3c4ccccc4c4c5ccccc5c5ccccc5c43)cc1N2c1ccccc1. The van der Waals surface area contributed by atoms with Crippen molar-refractivity contribution >= 4 is 144 Å². The van der Waals surface area contributed by atoms with Gasteiger partial charge in [0.25, 0.3) is 6.71 Å². The molecule has 0 spiro atoms. The van der Waals surface area contributed by atoms with E-state index in [0.717, 1.165) is 22.7 Å². The van der Waals surface area contributed by atoms with Crippen molar-refractivity contribution < 1.29 is 0 Å². The fourth-order valence-corrected chi connectivity index (χ4v) is 14.2. The van der Waals surface area contributed by atoms with E-state index in [9.17, 15) is 0 Å². The first-order valence-corrected chi connectivity index (χ1v) is 27.7. The summed E-state index contributed by atoms with van der Waals surface area (Å²) in [5.74, 6) is 0. The molecule has 0 saturated carbocycles. The van der Waals surface area contributed by atoms with Gasteiger partial charge in [-0.05, 0) is 132 Å². The fraction of sp³-hybridized carbons (Fsp3) is 0.0541. The van der Waals surface area contributed by atoms with Crippen molar-refractivity contribution in [3.05, 3.63) is 260 Å². The number of benzene rings is 13. The largest absolute Gasteiger partial charge is 0.311 e. The molecule has 0 atom stereocenters. The molecule has 0 fully saturated rings. The summed E-state index contributed by atoms with van der Waals surface area (Å²) in [7, 11) is 0. The molecule has 4 heterocycles. The lowest BCUT2D eigenvalue weighted by Crippen LogP contribution is -2.61. The van der Waals surface area contributed by atoms with Crippen molar-refractivity contribution in [2.45, 2.75) is 26.2 Å².